The standard InChI is InChI=1S/C31H31N5O4/c1-18-22(23-16-21(37)11-12-24(23)33-18)17-27(31(39)40)35-30(38)19-10-13-28-26(15-19)34-29(25-9-5-6-14-32-25)36(28)20-7-3-2-4-8-20/h5-6,9-16,20,27,33,37H,2-4,7-8,17H2,1H3,(H,35,38)(H,39,40)/t27-/m0/s1. The molecule has 0 spiro atoms. The van der Waals surface area contributed by atoms with Crippen LogP contribution < -0.4 is 5.32 Å². The van der Waals surface area contributed by atoms with Crippen LogP contribution >= 0.6 is 0 Å². The second kappa shape index (κ2) is 10.5. The molecule has 5 aromatic rings. The van der Waals surface area contributed by atoms with Gasteiger partial charge >= 0.3 is 5.97 Å². The molecular weight excluding hydrogens is 506 g/mol. The number of carbonyl (C=O) groups excluding carboxylic acids is 1. The van der Waals surface area contributed by atoms with Crippen LogP contribution in [-0.2, 0) is 11.2 Å². The first-order valence-corrected chi connectivity index (χ1v) is 13.7. The lowest BCUT2D eigenvalue weighted by Crippen LogP contribution is -2.42. The summed E-state index contributed by atoms with van der Waals surface area (Å²) in [6.45, 7) is 1.85. The molecular formula is C31H31N5O4. The number of imidazole rings is 1. The molecule has 1 atom stereocenters. The number of H-pyrrole nitrogens is 1. The smallest absolute Gasteiger partial charge is 0.326 e. The lowest BCUT2D eigenvalue weighted by Gasteiger charge is -2.25. The fraction of sp³-hybridized carbons (Fsp3) is 0.290. The van der Waals surface area contributed by atoms with Crippen molar-refractivity contribution in [2.45, 2.75) is 57.5 Å². The highest BCUT2D eigenvalue weighted by Gasteiger charge is 2.26. The number of aliphatic carboxylic acids is 1. The highest BCUT2D eigenvalue weighted by molar-refractivity contribution is 6.00. The molecule has 204 valence electrons. The van der Waals surface area contributed by atoms with Crippen LogP contribution in [0.1, 0.15) is 59.8 Å². The molecule has 3 aromatic heterocycles. The molecule has 9 nitrogen and oxygen atoms in total. The van der Waals surface area contributed by atoms with Crippen LogP contribution in [0.15, 0.2) is 60.8 Å². The van der Waals surface area contributed by atoms with E-state index in [4.69, 9.17) is 4.98 Å². The predicted molar refractivity (Wildman–Crippen MR) is 152 cm³/mol. The first-order valence-electron chi connectivity index (χ1n) is 13.7. The topological polar surface area (TPSA) is 133 Å². The van der Waals surface area contributed by atoms with Gasteiger partial charge in [0.2, 0.25) is 0 Å². The second-order valence-corrected chi connectivity index (χ2v) is 10.5. The Morgan fingerprint density at radius 2 is 1.93 bits per heavy atom. The Balaban J connectivity index is 1.31. The predicted octanol–water partition coefficient (Wildman–Crippen LogP) is 5.52. The number of rotatable bonds is 7. The molecule has 1 aliphatic rings. The Hall–Kier alpha value is -4.66. The monoisotopic (exact) mass is 537 g/mol. The fourth-order valence-electron chi connectivity index (χ4n) is 5.90. The van der Waals surface area contributed by atoms with Gasteiger partial charge in [0.15, 0.2) is 5.82 Å². The van der Waals surface area contributed by atoms with E-state index in [1.54, 1.807) is 36.5 Å². The maximum absolute atomic E-state index is 13.3. The minimum atomic E-state index is -1.16. The van der Waals surface area contributed by atoms with Gasteiger partial charge < -0.3 is 25.1 Å². The van der Waals surface area contributed by atoms with Gasteiger partial charge in [-0.15, -0.1) is 0 Å². The molecule has 9 heteroatoms. The third-order valence-electron chi connectivity index (χ3n) is 7.90. The number of carboxylic acids is 1. The molecule has 1 amide bonds. The summed E-state index contributed by atoms with van der Waals surface area (Å²) in [7, 11) is 0. The van der Waals surface area contributed by atoms with Crippen LogP contribution in [0.25, 0.3) is 33.5 Å². The number of phenols is 1. The molecule has 0 bridgehead atoms. The average Bonchev–Trinajstić information content (AvgIpc) is 3.50. The third kappa shape index (κ3) is 4.79. The fourth-order valence-corrected chi connectivity index (χ4v) is 5.90. The van der Waals surface area contributed by atoms with Crippen LogP contribution in [0.4, 0.5) is 0 Å². The maximum atomic E-state index is 13.3. The molecule has 1 fully saturated rings. The molecule has 40 heavy (non-hydrogen) atoms. The van der Waals surface area contributed by atoms with Gasteiger partial charge in [-0.25, -0.2) is 9.78 Å². The minimum absolute atomic E-state index is 0.0682. The molecule has 1 saturated carbocycles. The first kappa shape index (κ1) is 25.6. The van der Waals surface area contributed by atoms with E-state index in [-0.39, 0.29) is 12.2 Å². The van der Waals surface area contributed by atoms with Crippen molar-refractivity contribution in [3.8, 4) is 17.3 Å². The van der Waals surface area contributed by atoms with Crippen LogP contribution in [0.2, 0.25) is 0 Å². The number of benzene rings is 2. The number of phenolic OH excluding ortho intramolecular Hbond substituents is 1. The normalized spacial score (nSPS) is 14.9. The zero-order valence-electron chi connectivity index (χ0n) is 22.2. The number of hydrogen-bond donors (Lipinski definition) is 4. The summed E-state index contributed by atoms with van der Waals surface area (Å²) in [5, 5.41) is 23.4. The summed E-state index contributed by atoms with van der Waals surface area (Å²) in [6.07, 6.45) is 7.52. The van der Waals surface area contributed by atoms with E-state index in [9.17, 15) is 19.8 Å². The number of fused-ring (bicyclic) bond motifs is 2. The summed E-state index contributed by atoms with van der Waals surface area (Å²) >= 11 is 0. The van der Waals surface area contributed by atoms with Crippen LogP contribution in [0, 0.1) is 6.92 Å². The number of aromatic nitrogens is 4. The lowest BCUT2D eigenvalue weighted by atomic mass is 9.95. The number of aryl methyl sites for hydroxylation is 1. The Morgan fingerprint density at radius 1 is 1.10 bits per heavy atom. The van der Waals surface area contributed by atoms with Crippen molar-refractivity contribution in [2.24, 2.45) is 0 Å². The van der Waals surface area contributed by atoms with Crippen LogP contribution in [0.5, 0.6) is 5.75 Å². The summed E-state index contributed by atoms with van der Waals surface area (Å²) in [6, 6.07) is 15.2. The van der Waals surface area contributed by atoms with Crippen molar-refractivity contribution in [1.82, 2.24) is 24.8 Å². The molecule has 2 aromatic carbocycles. The first-order chi connectivity index (χ1) is 19.4. The molecule has 6 rings (SSSR count). The van der Waals surface area contributed by atoms with Crippen molar-refractivity contribution in [3.05, 3.63) is 77.6 Å². The van der Waals surface area contributed by atoms with Crippen molar-refractivity contribution < 1.29 is 19.8 Å². The van der Waals surface area contributed by atoms with E-state index in [0.29, 0.717) is 17.1 Å². The zero-order chi connectivity index (χ0) is 27.8. The summed E-state index contributed by atoms with van der Waals surface area (Å²) in [5.74, 6) is -0.750. The summed E-state index contributed by atoms with van der Waals surface area (Å²) in [4.78, 5) is 38.2. The number of nitrogens with one attached hydrogen (secondary N) is 2. The molecule has 3 heterocycles. The number of hydrogen-bond acceptors (Lipinski definition) is 5. The van der Waals surface area contributed by atoms with Gasteiger partial charge in [-0.2, -0.15) is 0 Å². The summed E-state index contributed by atoms with van der Waals surface area (Å²) in [5.41, 5.74) is 5.05. The van der Waals surface area contributed by atoms with Gasteiger partial charge in [0.05, 0.1) is 11.0 Å². The van der Waals surface area contributed by atoms with E-state index in [1.807, 2.05) is 31.2 Å². The van der Waals surface area contributed by atoms with Gasteiger partial charge in [-0.3, -0.25) is 9.78 Å². The van der Waals surface area contributed by atoms with Crippen molar-refractivity contribution in [1.29, 1.82) is 0 Å². The van der Waals surface area contributed by atoms with E-state index in [1.165, 1.54) is 19.3 Å². The number of aromatic amines is 1. The highest BCUT2D eigenvalue weighted by atomic mass is 16.4. The molecule has 0 unspecified atom stereocenters. The largest absolute Gasteiger partial charge is 0.508 e. The van der Waals surface area contributed by atoms with Crippen LogP contribution in [0.3, 0.4) is 0 Å². The van der Waals surface area contributed by atoms with Gasteiger partial charge in [-0.05, 0) is 73.9 Å². The maximum Gasteiger partial charge on any atom is 0.326 e. The highest BCUT2D eigenvalue weighted by Crippen LogP contribution is 2.35. The van der Waals surface area contributed by atoms with Crippen molar-refractivity contribution >= 4 is 33.8 Å². The van der Waals surface area contributed by atoms with Crippen molar-refractivity contribution in [3.63, 3.8) is 0 Å². The lowest BCUT2D eigenvalue weighted by molar-refractivity contribution is -0.139. The van der Waals surface area contributed by atoms with Crippen molar-refractivity contribution in [2.75, 3.05) is 0 Å². The van der Waals surface area contributed by atoms with E-state index < -0.39 is 17.9 Å². The number of carboxylic acid groups (broad SMARTS) is 1. The minimum Gasteiger partial charge on any atom is -0.508 e. The number of carbonyl (C=O) groups is 2. The molecule has 0 saturated heterocycles. The molecule has 0 radical (unpaired) electrons. The Kier molecular flexibility index (Phi) is 6.71. The number of aromatic hydroxyl groups is 1. The van der Waals surface area contributed by atoms with E-state index in [0.717, 1.165) is 52.0 Å². The zero-order valence-corrected chi connectivity index (χ0v) is 22.2. The number of amides is 1. The number of pyridine rings is 1. The SMILES string of the molecule is Cc1[nH]c2ccc(O)cc2c1C[C@H](NC(=O)c1ccc2c(c1)nc(-c1ccccn1)n2C1CCCCC1)C(=O)O. The number of nitrogens with zero attached hydrogens (tertiary/aromatic N) is 3. The van der Waals surface area contributed by atoms with Gasteiger partial charge in [0.25, 0.3) is 5.91 Å². The molecule has 1 aliphatic carbocycles. The average molecular weight is 538 g/mol. The van der Waals surface area contributed by atoms with Gasteiger partial charge in [0.1, 0.15) is 17.5 Å². The van der Waals surface area contributed by atoms with E-state index in [2.05, 4.69) is 19.9 Å². The third-order valence-corrected chi connectivity index (χ3v) is 7.90. The Morgan fingerprint density at radius 3 is 2.67 bits per heavy atom. The van der Waals surface area contributed by atoms with Gasteiger partial charge in [0, 0.05) is 40.8 Å². The quantitative estimate of drug-likeness (QED) is 0.216. The summed E-state index contributed by atoms with van der Waals surface area (Å²) < 4.78 is 2.26. The van der Waals surface area contributed by atoms with Crippen LogP contribution in [-0.4, -0.2) is 47.7 Å². The van der Waals surface area contributed by atoms with Gasteiger partial charge in [-0.1, -0.05) is 25.3 Å². The second-order valence-electron chi connectivity index (χ2n) is 10.5. The molecule has 0 aliphatic heterocycles. The molecule has 4 N–H and O–H groups in total. The Labute approximate surface area is 230 Å². The Bertz CT molecular complexity index is 1720. The van der Waals surface area contributed by atoms with E-state index >= 15 is 0 Å².